The Hall–Kier alpha value is -1.21. The molecule has 0 atom stereocenters. The lowest BCUT2D eigenvalue weighted by atomic mass is 10.2. The third-order valence-electron chi connectivity index (χ3n) is 3.11. The Morgan fingerprint density at radius 3 is 3.00 bits per heavy atom. The van der Waals surface area contributed by atoms with Gasteiger partial charge in [-0.15, -0.1) is 10.2 Å². The van der Waals surface area contributed by atoms with Gasteiger partial charge >= 0.3 is 0 Å². The number of fused-ring (bicyclic) bond motifs is 1. The van der Waals surface area contributed by atoms with Crippen molar-refractivity contribution in [1.82, 2.24) is 14.8 Å². The van der Waals surface area contributed by atoms with Crippen molar-refractivity contribution >= 4 is 21.2 Å². The molecule has 5 nitrogen and oxygen atoms in total. The first-order chi connectivity index (χ1) is 8.64. The lowest BCUT2D eigenvalue weighted by Gasteiger charge is -2.05. The first-order valence-corrected chi connectivity index (χ1v) is 8.53. The highest BCUT2D eigenvalue weighted by atomic mass is 32.2. The summed E-state index contributed by atoms with van der Waals surface area (Å²) < 4.78 is 25.2. The van der Waals surface area contributed by atoms with E-state index in [0.29, 0.717) is 13.0 Å². The van der Waals surface area contributed by atoms with Gasteiger partial charge in [0, 0.05) is 19.4 Å². The second-order valence-electron chi connectivity index (χ2n) is 4.39. The third-order valence-corrected chi connectivity index (χ3v) is 5.47. The molecule has 3 rings (SSSR count). The van der Waals surface area contributed by atoms with Crippen LogP contribution in [0.3, 0.4) is 0 Å². The van der Waals surface area contributed by atoms with Crippen LogP contribution in [0, 0.1) is 0 Å². The summed E-state index contributed by atoms with van der Waals surface area (Å²) in [6.45, 7) is 0.476. The molecule has 0 radical (unpaired) electrons. The van der Waals surface area contributed by atoms with Crippen LogP contribution < -0.4 is 0 Å². The van der Waals surface area contributed by atoms with Gasteiger partial charge in [-0.05, 0) is 22.4 Å². The number of nitrogens with zero attached hydrogens (tertiary/aromatic N) is 3. The molecule has 0 aromatic carbocycles. The Kier molecular flexibility index (Phi) is 2.95. The van der Waals surface area contributed by atoms with E-state index >= 15 is 0 Å². The number of thiophene rings is 1. The van der Waals surface area contributed by atoms with E-state index in [2.05, 4.69) is 21.6 Å². The van der Waals surface area contributed by atoms with Crippen molar-refractivity contribution in [2.45, 2.75) is 19.4 Å². The quantitative estimate of drug-likeness (QED) is 0.821. The molecule has 0 saturated carbocycles. The van der Waals surface area contributed by atoms with Crippen molar-refractivity contribution in [2.75, 3.05) is 11.5 Å². The van der Waals surface area contributed by atoms with Crippen molar-refractivity contribution in [3.8, 4) is 0 Å². The van der Waals surface area contributed by atoms with Gasteiger partial charge in [-0.3, -0.25) is 0 Å². The highest BCUT2D eigenvalue weighted by Gasteiger charge is 2.22. The average Bonchev–Trinajstić information content (AvgIpc) is 2.92. The molecule has 0 N–H and O–H groups in total. The number of aryl methyl sites for hydroxylation is 1. The minimum absolute atomic E-state index is 0.184. The molecule has 2 aromatic rings. The SMILES string of the molecule is O=S1(=O)CCc2nnc(Cc3ccsc3)n2CC1. The van der Waals surface area contributed by atoms with E-state index in [0.717, 1.165) is 18.1 Å². The number of hydrogen-bond acceptors (Lipinski definition) is 5. The van der Waals surface area contributed by atoms with E-state index in [1.807, 2.05) is 9.95 Å². The maximum absolute atomic E-state index is 11.6. The molecule has 1 aliphatic heterocycles. The number of aromatic nitrogens is 3. The van der Waals surface area contributed by atoms with Gasteiger partial charge in [0.25, 0.3) is 0 Å². The normalized spacial score (nSPS) is 18.2. The predicted octanol–water partition coefficient (Wildman–Crippen LogP) is 0.901. The van der Waals surface area contributed by atoms with Gasteiger partial charge in [0.1, 0.15) is 11.6 Å². The zero-order chi connectivity index (χ0) is 12.6. The molecule has 0 bridgehead atoms. The van der Waals surface area contributed by atoms with Crippen molar-refractivity contribution in [3.63, 3.8) is 0 Å². The highest BCUT2D eigenvalue weighted by Crippen LogP contribution is 2.15. The first kappa shape index (κ1) is 11.9. The van der Waals surface area contributed by atoms with Crippen LogP contribution in [0.4, 0.5) is 0 Å². The Labute approximate surface area is 109 Å². The molecule has 0 spiro atoms. The summed E-state index contributed by atoms with van der Waals surface area (Å²) in [5, 5.41) is 12.4. The maximum atomic E-state index is 11.6. The molecule has 3 heterocycles. The monoisotopic (exact) mass is 283 g/mol. The fourth-order valence-electron chi connectivity index (χ4n) is 2.10. The molecule has 0 unspecified atom stereocenters. The number of rotatable bonds is 2. The Bertz CT molecular complexity index is 644. The van der Waals surface area contributed by atoms with Crippen LogP contribution in [-0.4, -0.2) is 34.7 Å². The smallest absolute Gasteiger partial charge is 0.152 e. The molecule has 0 fully saturated rings. The minimum atomic E-state index is -2.92. The van der Waals surface area contributed by atoms with E-state index in [-0.39, 0.29) is 11.5 Å². The van der Waals surface area contributed by atoms with Crippen LogP contribution in [0.1, 0.15) is 17.2 Å². The van der Waals surface area contributed by atoms with Gasteiger partial charge in [-0.2, -0.15) is 11.3 Å². The summed E-state index contributed by atoms with van der Waals surface area (Å²) in [4.78, 5) is 0. The van der Waals surface area contributed by atoms with E-state index < -0.39 is 9.84 Å². The van der Waals surface area contributed by atoms with Gasteiger partial charge in [-0.1, -0.05) is 0 Å². The van der Waals surface area contributed by atoms with Gasteiger partial charge < -0.3 is 4.57 Å². The lowest BCUT2D eigenvalue weighted by molar-refractivity contribution is 0.592. The molecule has 96 valence electrons. The first-order valence-electron chi connectivity index (χ1n) is 5.76. The predicted molar refractivity (Wildman–Crippen MR) is 69.5 cm³/mol. The minimum Gasteiger partial charge on any atom is -0.314 e. The third kappa shape index (κ3) is 2.32. The van der Waals surface area contributed by atoms with Gasteiger partial charge in [-0.25, -0.2) is 8.42 Å². The summed E-state index contributed by atoms with van der Waals surface area (Å²) in [5.41, 5.74) is 1.20. The summed E-state index contributed by atoms with van der Waals surface area (Å²) in [6, 6.07) is 2.06. The highest BCUT2D eigenvalue weighted by molar-refractivity contribution is 7.91. The average molecular weight is 283 g/mol. The van der Waals surface area contributed by atoms with E-state index in [9.17, 15) is 8.42 Å². The second kappa shape index (κ2) is 4.47. The van der Waals surface area contributed by atoms with E-state index in [1.54, 1.807) is 11.3 Å². The Morgan fingerprint density at radius 1 is 1.33 bits per heavy atom. The van der Waals surface area contributed by atoms with Crippen LogP contribution in [0.2, 0.25) is 0 Å². The molecule has 0 amide bonds. The summed E-state index contributed by atoms with van der Waals surface area (Å²) in [5.74, 6) is 2.03. The summed E-state index contributed by atoms with van der Waals surface area (Å²) in [7, 11) is -2.92. The second-order valence-corrected chi connectivity index (χ2v) is 7.48. The molecule has 0 saturated heterocycles. The van der Waals surface area contributed by atoms with Crippen LogP contribution in [0.5, 0.6) is 0 Å². The fraction of sp³-hybridized carbons (Fsp3) is 0.455. The fourth-order valence-corrected chi connectivity index (χ4v) is 3.93. The van der Waals surface area contributed by atoms with Crippen LogP contribution in [0.25, 0.3) is 0 Å². The van der Waals surface area contributed by atoms with Gasteiger partial charge in [0.2, 0.25) is 0 Å². The molecule has 1 aliphatic rings. The summed E-state index contributed by atoms with van der Waals surface area (Å²) >= 11 is 1.65. The van der Waals surface area contributed by atoms with Crippen LogP contribution in [0.15, 0.2) is 16.8 Å². The zero-order valence-electron chi connectivity index (χ0n) is 9.74. The topological polar surface area (TPSA) is 64.8 Å². The lowest BCUT2D eigenvalue weighted by Crippen LogP contribution is -2.13. The summed E-state index contributed by atoms with van der Waals surface area (Å²) in [6.07, 6.45) is 1.19. The van der Waals surface area contributed by atoms with Crippen molar-refractivity contribution in [1.29, 1.82) is 0 Å². The molecule has 7 heteroatoms. The van der Waals surface area contributed by atoms with Crippen LogP contribution >= 0.6 is 11.3 Å². The molecule has 2 aromatic heterocycles. The van der Waals surface area contributed by atoms with Gasteiger partial charge in [0.05, 0.1) is 11.5 Å². The molecule has 18 heavy (non-hydrogen) atoms. The molecular formula is C11H13N3O2S2. The van der Waals surface area contributed by atoms with Crippen molar-refractivity contribution in [2.24, 2.45) is 0 Å². The van der Waals surface area contributed by atoms with E-state index in [1.165, 1.54) is 5.56 Å². The Morgan fingerprint density at radius 2 is 2.22 bits per heavy atom. The van der Waals surface area contributed by atoms with Crippen LogP contribution in [-0.2, 0) is 29.2 Å². The number of hydrogen-bond donors (Lipinski definition) is 0. The zero-order valence-corrected chi connectivity index (χ0v) is 11.4. The molecule has 0 aliphatic carbocycles. The van der Waals surface area contributed by atoms with Crippen molar-refractivity contribution < 1.29 is 8.42 Å². The number of sulfone groups is 1. The van der Waals surface area contributed by atoms with Gasteiger partial charge in [0.15, 0.2) is 9.84 Å². The van der Waals surface area contributed by atoms with E-state index in [4.69, 9.17) is 0 Å². The Balaban J connectivity index is 1.89. The maximum Gasteiger partial charge on any atom is 0.152 e. The standard InChI is InChI=1S/C11H13N3O2S2/c15-18(16)5-2-10-12-13-11(14(10)3-6-18)7-9-1-4-17-8-9/h1,4,8H,2-3,5-7H2. The van der Waals surface area contributed by atoms with Crippen molar-refractivity contribution in [3.05, 3.63) is 34.0 Å². The molecular weight excluding hydrogens is 270 g/mol. The largest absolute Gasteiger partial charge is 0.314 e.